The fourth-order valence-corrected chi connectivity index (χ4v) is 4.12. The van der Waals surface area contributed by atoms with E-state index in [4.69, 9.17) is 0 Å². The number of likely N-dealkylation sites (tertiary alicyclic amines) is 1. The molecule has 1 heterocycles. The van der Waals surface area contributed by atoms with Gasteiger partial charge in [-0.1, -0.05) is 48.5 Å². The van der Waals surface area contributed by atoms with Gasteiger partial charge in [-0.2, -0.15) is 8.78 Å². The van der Waals surface area contributed by atoms with E-state index in [1.54, 1.807) is 17.0 Å². The van der Waals surface area contributed by atoms with E-state index >= 15 is 0 Å². The lowest BCUT2D eigenvalue weighted by Crippen LogP contribution is -2.45. The summed E-state index contributed by atoms with van der Waals surface area (Å²) in [6.45, 7) is -1.73. The Kier molecular flexibility index (Phi) is 6.63. The van der Waals surface area contributed by atoms with Gasteiger partial charge in [0.25, 0.3) is 5.91 Å². The number of halogens is 2. The molecule has 32 heavy (non-hydrogen) atoms. The Morgan fingerprint density at radius 3 is 2.69 bits per heavy atom. The second-order valence-electron chi connectivity index (χ2n) is 7.86. The van der Waals surface area contributed by atoms with E-state index < -0.39 is 6.61 Å². The van der Waals surface area contributed by atoms with Gasteiger partial charge in [-0.3, -0.25) is 9.59 Å². The molecule has 0 saturated carbocycles. The molecule has 3 aromatic rings. The zero-order chi connectivity index (χ0) is 22.5. The minimum atomic E-state index is -2.90. The standard InChI is InChI=1S/C25H24F2N2O3/c26-25(27)32-20-10-3-6-17(14-20)15-28-23(30)19-9-5-13-29(16-19)24(31)22-12-4-8-18-7-1-2-11-21(18)22/h1-4,6-8,10-12,14,19,25H,5,9,13,15-16H2,(H,28,30). The van der Waals surface area contributed by atoms with E-state index in [0.717, 1.165) is 17.2 Å². The van der Waals surface area contributed by atoms with E-state index in [1.165, 1.54) is 12.1 Å². The van der Waals surface area contributed by atoms with E-state index in [9.17, 15) is 18.4 Å². The average molecular weight is 438 g/mol. The van der Waals surface area contributed by atoms with Crippen molar-refractivity contribution in [2.45, 2.75) is 26.0 Å². The monoisotopic (exact) mass is 438 g/mol. The van der Waals surface area contributed by atoms with Crippen LogP contribution in [0.2, 0.25) is 0 Å². The summed E-state index contributed by atoms with van der Waals surface area (Å²) in [5, 5.41) is 4.76. The SMILES string of the molecule is O=C(NCc1cccc(OC(F)F)c1)C1CCCN(C(=O)c2cccc3ccccc23)C1. The van der Waals surface area contributed by atoms with Crippen LogP contribution in [0, 0.1) is 5.92 Å². The minimum absolute atomic E-state index is 0.0521. The summed E-state index contributed by atoms with van der Waals surface area (Å²) >= 11 is 0. The number of benzene rings is 3. The van der Waals surface area contributed by atoms with E-state index in [0.29, 0.717) is 30.6 Å². The van der Waals surface area contributed by atoms with E-state index in [-0.39, 0.29) is 30.0 Å². The Hall–Kier alpha value is -3.48. The molecule has 3 aromatic carbocycles. The number of rotatable bonds is 6. The minimum Gasteiger partial charge on any atom is -0.435 e. The molecule has 7 heteroatoms. The van der Waals surface area contributed by atoms with Crippen molar-refractivity contribution in [3.63, 3.8) is 0 Å². The number of alkyl halides is 2. The molecular weight excluding hydrogens is 414 g/mol. The van der Waals surface area contributed by atoms with Crippen LogP contribution in [0.1, 0.15) is 28.8 Å². The van der Waals surface area contributed by atoms with E-state index in [2.05, 4.69) is 10.1 Å². The van der Waals surface area contributed by atoms with Crippen LogP contribution < -0.4 is 10.1 Å². The molecule has 4 rings (SSSR count). The second kappa shape index (κ2) is 9.77. The van der Waals surface area contributed by atoms with Gasteiger partial charge in [-0.15, -0.1) is 0 Å². The molecule has 1 saturated heterocycles. The number of amides is 2. The summed E-state index contributed by atoms with van der Waals surface area (Å²) in [5.41, 5.74) is 1.30. The van der Waals surface area contributed by atoms with Crippen molar-refractivity contribution in [2.24, 2.45) is 5.92 Å². The topological polar surface area (TPSA) is 58.6 Å². The average Bonchev–Trinajstić information content (AvgIpc) is 2.81. The number of hydrogen-bond donors (Lipinski definition) is 1. The van der Waals surface area contributed by atoms with Crippen LogP contribution in [0.5, 0.6) is 5.75 Å². The Morgan fingerprint density at radius 1 is 1.06 bits per heavy atom. The molecular formula is C25H24F2N2O3. The number of carbonyl (C=O) groups excluding carboxylic acids is 2. The number of nitrogens with one attached hydrogen (secondary N) is 1. The Morgan fingerprint density at radius 2 is 1.84 bits per heavy atom. The quantitative estimate of drug-likeness (QED) is 0.612. The number of piperidine rings is 1. The summed E-state index contributed by atoms with van der Waals surface area (Å²) in [4.78, 5) is 27.7. The van der Waals surface area contributed by atoms with Gasteiger partial charge >= 0.3 is 6.61 Å². The maximum atomic E-state index is 13.2. The first kappa shape index (κ1) is 21.7. The largest absolute Gasteiger partial charge is 0.435 e. The summed E-state index contributed by atoms with van der Waals surface area (Å²) < 4.78 is 29.2. The predicted octanol–water partition coefficient (Wildman–Crippen LogP) is 4.61. The zero-order valence-corrected chi connectivity index (χ0v) is 17.5. The van der Waals surface area contributed by atoms with Crippen molar-refractivity contribution >= 4 is 22.6 Å². The van der Waals surface area contributed by atoms with Crippen LogP contribution in [0.15, 0.2) is 66.7 Å². The van der Waals surface area contributed by atoms with Crippen LogP contribution in [0.4, 0.5) is 8.78 Å². The molecule has 5 nitrogen and oxygen atoms in total. The summed E-state index contributed by atoms with van der Waals surface area (Å²) in [5.74, 6) is -0.490. The van der Waals surface area contributed by atoms with Crippen LogP contribution in [0.3, 0.4) is 0 Å². The maximum Gasteiger partial charge on any atom is 0.387 e. The zero-order valence-electron chi connectivity index (χ0n) is 17.5. The van der Waals surface area contributed by atoms with Gasteiger partial charge in [0.2, 0.25) is 5.91 Å². The normalized spacial score (nSPS) is 16.2. The van der Waals surface area contributed by atoms with Gasteiger partial charge in [0.05, 0.1) is 5.92 Å². The molecule has 166 valence electrons. The highest BCUT2D eigenvalue weighted by Gasteiger charge is 2.29. The van der Waals surface area contributed by atoms with Gasteiger partial charge in [-0.05, 0) is 47.4 Å². The first-order valence-corrected chi connectivity index (χ1v) is 10.6. The lowest BCUT2D eigenvalue weighted by Gasteiger charge is -2.32. The number of nitrogens with zero attached hydrogens (tertiary/aromatic N) is 1. The van der Waals surface area contributed by atoms with Crippen molar-refractivity contribution in [1.29, 1.82) is 0 Å². The third-order valence-corrected chi connectivity index (χ3v) is 5.69. The Balaban J connectivity index is 1.39. The van der Waals surface area contributed by atoms with Crippen molar-refractivity contribution in [1.82, 2.24) is 10.2 Å². The van der Waals surface area contributed by atoms with Crippen LogP contribution in [0.25, 0.3) is 10.8 Å². The smallest absolute Gasteiger partial charge is 0.387 e. The van der Waals surface area contributed by atoms with Crippen molar-refractivity contribution in [3.8, 4) is 5.75 Å². The predicted molar refractivity (Wildman–Crippen MR) is 117 cm³/mol. The first-order valence-electron chi connectivity index (χ1n) is 10.6. The molecule has 1 aliphatic heterocycles. The molecule has 0 spiro atoms. The van der Waals surface area contributed by atoms with Crippen LogP contribution >= 0.6 is 0 Å². The molecule has 0 aliphatic carbocycles. The highest BCUT2D eigenvalue weighted by molar-refractivity contribution is 6.07. The van der Waals surface area contributed by atoms with Crippen molar-refractivity contribution in [3.05, 3.63) is 77.9 Å². The number of carbonyl (C=O) groups is 2. The molecule has 2 amide bonds. The summed E-state index contributed by atoms with van der Waals surface area (Å²) in [6.07, 6.45) is 1.44. The third kappa shape index (κ3) is 5.04. The Labute approximate surface area is 185 Å². The Bertz CT molecular complexity index is 1110. The van der Waals surface area contributed by atoms with Crippen LogP contribution in [-0.2, 0) is 11.3 Å². The summed E-state index contributed by atoms with van der Waals surface area (Å²) in [7, 11) is 0. The highest BCUT2D eigenvalue weighted by Crippen LogP contribution is 2.24. The first-order chi connectivity index (χ1) is 15.5. The molecule has 0 radical (unpaired) electrons. The number of ether oxygens (including phenoxy) is 1. The molecule has 1 atom stereocenters. The fourth-order valence-electron chi connectivity index (χ4n) is 4.12. The molecule has 1 fully saturated rings. The van der Waals surface area contributed by atoms with Gasteiger partial charge in [0.1, 0.15) is 5.75 Å². The third-order valence-electron chi connectivity index (χ3n) is 5.69. The fraction of sp³-hybridized carbons (Fsp3) is 0.280. The van der Waals surface area contributed by atoms with Gasteiger partial charge in [0, 0.05) is 25.2 Å². The summed E-state index contributed by atoms with van der Waals surface area (Å²) in [6, 6.07) is 19.7. The molecule has 0 aromatic heterocycles. The number of hydrogen-bond acceptors (Lipinski definition) is 3. The molecule has 0 bridgehead atoms. The highest BCUT2D eigenvalue weighted by atomic mass is 19.3. The van der Waals surface area contributed by atoms with E-state index in [1.807, 2.05) is 42.5 Å². The van der Waals surface area contributed by atoms with Gasteiger partial charge < -0.3 is 15.0 Å². The van der Waals surface area contributed by atoms with Gasteiger partial charge in [-0.25, -0.2) is 0 Å². The number of fused-ring (bicyclic) bond motifs is 1. The lowest BCUT2D eigenvalue weighted by atomic mass is 9.95. The lowest BCUT2D eigenvalue weighted by molar-refractivity contribution is -0.126. The molecule has 1 N–H and O–H groups in total. The maximum absolute atomic E-state index is 13.2. The molecule has 1 aliphatic rings. The van der Waals surface area contributed by atoms with Crippen LogP contribution in [-0.4, -0.2) is 36.4 Å². The van der Waals surface area contributed by atoms with Gasteiger partial charge in [0.15, 0.2) is 0 Å². The van der Waals surface area contributed by atoms with Crippen molar-refractivity contribution < 1.29 is 23.1 Å². The second-order valence-corrected chi connectivity index (χ2v) is 7.86. The molecule has 1 unspecified atom stereocenters. The van der Waals surface area contributed by atoms with Crippen molar-refractivity contribution in [2.75, 3.05) is 13.1 Å².